The third-order valence-electron chi connectivity index (χ3n) is 3.97. The minimum atomic E-state index is -0.280. The van der Waals surface area contributed by atoms with E-state index in [9.17, 15) is 4.79 Å². The van der Waals surface area contributed by atoms with E-state index in [1.807, 2.05) is 0 Å². The first-order valence-electron chi connectivity index (χ1n) is 6.34. The number of hydrogen-bond donors (Lipinski definition) is 2. The molecular weight excluding hydrogens is 204 g/mol. The maximum Gasteiger partial charge on any atom is 0.224 e. The Bertz CT molecular complexity index is 243. The summed E-state index contributed by atoms with van der Waals surface area (Å²) in [6.07, 6.45) is 6.42. The van der Waals surface area contributed by atoms with Crippen molar-refractivity contribution in [2.24, 2.45) is 11.1 Å². The molecule has 2 rings (SSSR count). The Morgan fingerprint density at radius 1 is 1.38 bits per heavy atom. The molecule has 1 unspecified atom stereocenters. The van der Waals surface area contributed by atoms with Gasteiger partial charge in [0.05, 0.1) is 12.0 Å². The van der Waals surface area contributed by atoms with Gasteiger partial charge in [0.15, 0.2) is 0 Å². The van der Waals surface area contributed by atoms with Gasteiger partial charge in [0.2, 0.25) is 5.91 Å². The lowest BCUT2D eigenvalue weighted by Gasteiger charge is -2.30. The highest BCUT2D eigenvalue weighted by atomic mass is 16.5. The third kappa shape index (κ3) is 2.55. The first kappa shape index (κ1) is 11.9. The highest BCUT2D eigenvalue weighted by Crippen LogP contribution is 2.37. The molecule has 1 amide bonds. The van der Waals surface area contributed by atoms with Crippen LogP contribution in [-0.4, -0.2) is 31.7 Å². The van der Waals surface area contributed by atoms with Crippen LogP contribution in [0.1, 0.15) is 38.5 Å². The van der Waals surface area contributed by atoms with Gasteiger partial charge in [-0.05, 0) is 25.7 Å². The molecule has 0 bridgehead atoms. The average molecular weight is 226 g/mol. The fourth-order valence-corrected chi connectivity index (χ4v) is 2.80. The summed E-state index contributed by atoms with van der Waals surface area (Å²) in [6, 6.07) is 0.408. The Balaban J connectivity index is 1.84. The molecule has 0 radical (unpaired) electrons. The maximum atomic E-state index is 11.5. The van der Waals surface area contributed by atoms with Crippen LogP contribution in [-0.2, 0) is 9.53 Å². The molecule has 2 aliphatic rings. The lowest BCUT2D eigenvalue weighted by molar-refractivity contribution is -0.127. The Morgan fingerprint density at radius 2 is 2.12 bits per heavy atom. The number of ether oxygens (including phenoxy) is 1. The monoisotopic (exact) mass is 226 g/mol. The van der Waals surface area contributed by atoms with Crippen LogP contribution >= 0.6 is 0 Å². The van der Waals surface area contributed by atoms with Crippen LogP contribution in [0.25, 0.3) is 0 Å². The van der Waals surface area contributed by atoms with Gasteiger partial charge in [-0.15, -0.1) is 0 Å². The van der Waals surface area contributed by atoms with Crippen LogP contribution < -0.4 is 11.1 Å². The van der Waals surface area contributed by atoms with Crippen molar-refractivity contribution < 1.29 is 9.53 Å². The number of amides is 1. The summed E-state index contributed by atoms with van der Waals surface area (Å²) >= 11 is 0. The molecule has 4 nitrogen and oxygen atoms in total. The summed E-state index contributed by atoms with van der Waals surface area (Å²) < 4.78 is 5.41. The number of nitrogens with two attached hydrogens (primary N) is 1. The van der Waals surface area contributed by atoms with Crippen molar-refractivity contribution in [1.82, 2.24) is 5.32 Å². The molecule has 0 aromatic heterocycles. The molecule has 92 valence electrons. The number of nitrogens with one attached hydrogen (secondary N) is 1. The molecule has 16 heavy (non-hydrogen) atoms. The van der Waals surface area contributed by atoms with Gasteiger partial charge in [0.25, 0.3) is 0 Å². The van der Waals surface area contributed by atoms with Crippen LogP contribution in [0.3, 0.4) is 0 Å². The SMILES string of the molecule is NC(=O)C1(CNC2CCCOC2)CCCC1. The summed E-state index contributed by atoms with van der Waals surface area (Å²) in [6.45, 7) is 2.38. The topological polar surface area (TPSA) is 64.4 Å². The van der Waals surface area contributed by atoms with E-state index in [1.54, 1.807) is 0 Å². The van der Waals surface area contributed by atoms with E-state index < -0.39 is 0 Å². The molecule has 1 aliphatic heterocycles. The number of carbonyl (C=O) groups is 1. The molecule has 3 N–H and O–H groups in total. The molecule has 4 heteroatoms. The Morgan fingerprint density at radius 3 is 2.69 bits per heavy atom. The second-order valence-electron chi connectivity index (χ2n) is 5.15. The van der Waals surface area contributed by atoms with E-state index in [4.69, 9.17) is 10.5 Å². The molecule has 1 heterocycles. The van der Waals surface area contributed by atoms with Crippen molar-refractivity contribution >= 4 is 5.91 Å². The van der Waals surface area contributed by atoms with E-state index >= 15 is 0 Å². The van der Waals surface area contributed by atoms with E-state index in [-0.39, 0.29) is 11.3 Å². The quantitative estimate of drug-likeness (QED) is 0.745. The van der Waals surface area contributed by atoms with Crippen LogP contribution in [0.2, 0.25) is 0 Å². The van der Waals surface area contributed by atoms with Gasteiger partial charge in [-0.1, -0.05) is 12.8 Å². The Kier molecular flexibility index (Phi) is 3.82. The van der Waals surface area contributed by atoms with Crippen molar-refractivity contribution in [3.8, 4) is 0 Å². The maximum absolute atomic E-state index is 11.5. The number of primary amides is 1. The summed E-state index contributed by atoms with van der Waals surface area (Å²) in [5.41, 5.74) is 5.26. The normalized spacial score (nSPS) is 29.1. The summed E-state index contributed by atoms with van der Waals surface area (Å²) in [5.74, 6) is -0.130. The molecule has 0 spiro atoms. The van der Waals surface area contributed by atoms with Crippen LogP contribution in [0, 0.1) is 5.41 Å². The lowest BCUT2D eigenvalue weighted by atomic mass is 9.85. The van der Waals surface area contributed by atoms with Crippen LogP contribution in [0.4, 0.5) is 0 Å². The van der Waals surface area contributed by atoms with Crippen molar-refractivity contribution in [2.75, 3.05) is 19.8 Å². The van der Waals surface area contributed by atoms with Crippen molar-refractivity contribution in [1.29, 1.82) is 0 Å². The molecule has 1 saturated carbocycles. The zero-order valence-corrected chi connectivity index (χ0v) is 9.84. The number of carbonyl (C=O) groups excluding carboxylic acids is 1. The third-order valence-corrected chi connectivity index (χ3v) is 3.97. The zero-order valence-electron chi connectivity index (χ0n) is 9.84. The molecule has 1 aliphatic carbocycles. The Hall–Kier alpha value is -0.610. The molecule has 0 aromatic rings. The summed E-state index contributed by atoms with van der Waals surface area (Å²) in [4.78, 5) is 11.5. The van der Waals surface area contributed by atoms with E-state index in [0.29, 0.717) is 6.04 Å². The van der Waals surface area contributed by atoms with Crippen molar-refractivity contribution in [3.05, 3.63) is 0 Å². The second-order valence-corrected chi connectivity index (χ2v) is 5.15. The summed E-state index contributed by atoms with van der Waals surface area (Å²) in [7, 11) is 0. The number of hydrogen-bond acceptors (Lipinski definition) is 3. The summed E-state index contributed by atoms with van der Waals surface area (Å²) in [5, 5.41) is 3.46. The van der Waals surface area contributed by atoms with Gasteiger partial charge in [-0.3, -0.25) is 4.79 Å². The van der Waals surface area contributed by atoms with E-state index in [0.717, 1.165) is 58.3 Å². The fourth-order valence-electron chi connectivity index (χ4n) is 2.80. The molecular formula is C12H22N2O2. The standard InChI is InChI=1S/C12H22N2O2/c13-11(15)12(5-1-2-6-12)9-14-10-4-3-7-16-8-10/h10,14H,1-9H2,(H2,13,15). The molecule has 1 atom stereocenters. The van der Waals surface area contributed by atoms with Gasteiger partial charge in [0, 0.05) is 19.2 Å². The Labute approximate surface area is 96.9 Å². The first-order valence-corrected chi connectivity index (χ1v) is 6.34. The van der Waals surface area contributed by atoms with Gasteiger partial charge in [0.1, 0.15) is 0 Å². The van der Waals surface area contributed by atoms with Crippen LogP contribution in [0.5, 0.6) is 0 Å². The minimum Gasteiger partial charge on any atom is -0.380 e. The predicted octanol–water partition coefficient (Wildman–Crippen LogP) is 0.801. The van der Waals surface area contributed by atoms with Gasteiger partial charge in [-0.25, -0.2) is 0 Å². The molecule has 0 aromatic carbocycles. The zero-order chi connectivity index (χ0) is 11.4. The largest absolute Gasteiger partial charge is 0.380 e. The predicted molar refractivity (Wildman–Crippen MR) is 61.9 cm³/mol. The second kappa shape index (κ2) is 5.15. The van der Waals surface area contributed by atoms with E-state index in [1.165, 1.54) is 0 Å². The average Bonchev–Trinajstić information content (AvgIpc) is 2.78. The van der Waals surface area contributed by atoms with Gasteiger partial charge >= 0.3 is 0 Å². The van der Waals surface area contributed by atoms with Crippen molar-refractivity contribution in [3.63, 3.8) is 0 Å². The highest BCUT2D eigenvalue weighted by Gasteiger charge is 2.39. The number of rotatable bonds is 4. The van der Waals surface area contributed by atoms with Gasteiger partial charge in [-0.2, -0.15) is 0 Å². The van der Waals surface area contributed by atoms with Gasteiger partial charge < -0.3 is 15.8 Å². The molecule has 2 fully saturated rings. The first-order chi connectivity index (χ1) is 7.73. The highest BCUT2D eigenvalue weighted by molar-refractivity contribution is 5.81. The molecule has 1 saturated heterocycles. The lowest BCUT2D eigenvalue weighted by Crippen LogP contribution is -2.47. The minimum absolute atomic E-state index is 0.130. The van der Waals surface area contributed by atoms with Crippen molar-refractivity contribution in [2.45, 2.75) is 44.6 Å². The fraction of sp³-hybridized carbons (Fsp3) is 0.917. The van der Waals surface area contributed by atoms with Crippen LogP contribution in [0.15, 0.2) is 0 Å². The smallest absolute Gasteiger partial charge is 0.224 e. The van der Waals surface area contributed by atoms with E-state index in [2.05, 4.69) is 5.32 Å².